The van der Waals surface area contributed by atoms with Crippen LogP contribution in [0, 0.1) is 11.8 Å². The Morgan fingerprint density at radius 1 is 1.33 bits per heavy atom. The van der Waals surface area contributed by atoms with E-state index in [1.54, 1.807) is 19.0 Å². The number of hydrogen-bond donors (Lipinski definition) is 1. The molecule has 0 aromatic rings. The second-order valence-corrected chi connectivity index (χ2v) is 4.13. The van der Waals surface area contributed by atoms with E-state index in [1.165, 1.54) is 19.3 Å². The number of amides is 2. The summed E-state index contributed by atoms with van der Waals surface area (Å²) in [6.07, 6.45) is 4.01. The van der Waals surface area contributed by atoms with Crippen molar-refractivity contribution in [1.29, 1.82) is 0 Å². The molecule has 0 aromatic heterocycles. The van der Waals surface area contributed by atoms with E-state index in [1.807, 2.05) is 0 Å². The topological polar surface area (TPSA) is 32.3 Å². The number of carbonyl (C=O) groups is 1. The summed E-state index contributed by atoms with van der Waals surface area (Å²) in [5.74, 6) is 1.63. The van der Waals surface area contributed by atoms with Crippen LogP contribution >= 0.6 is 0 Å². The number of rotatable bonds is 1. The van der Waals surface area contributed by atoms with Crippen LogP contribution < -0.4 is 5.32 Å². The highest BCUT2D eigenvalue weighted by molar-refractivity contribution is 5.74. The SMILES string of the molecule is CN(C)C(=O)NC1C2CCCC21. The molecule has 0 heterocycles. The molecule has 0 aliphatic heterocycles. The van der Waals surface area contributed by atoms with Gasteiger partial charge in [0.1, 0.15) is 0 Å². The van der Waals surface area contributed by atoms with Gasteiger partial charge in [0.05, 0.1) is 0 Å². The fraction of sp³-hybridized carbons (Fsp3) is 0.889. The Morgan fingerprint density at radius 3 is 2.42 bits per heavy atom. The van der Waals surface area contributed by atoms with Crippen molar-refractivity contribution in [2.75, 3.05) is 14.1 Å². The minimum absolute atomic E-state index is 0.0643. The molecule has 2 aliphatic carbocycles. The molecule has 0 radical (unpaired) electrons. The molecule has 0 aromatic carbocycles. The van der Waals surface area contributed by atoms with Crippen molar-refractivity contribution in [3.8, 4) is 0 Å². The summed E-state index contributed by atoms with van der Waals surface area (Å²) in [6.45, 7) is 0. The van der Waals surface area contributed by atoms with Gasteiger partial charge in [0.2, 0.25) is 0 Å². The van der Waals surface area contributed by atoms with Crippen molar-refractivity contribution in [3.05, 3.63) is 0 Å². The van der Waals surface area contributed by atoms with Crippen molar-refractivity contribution in [3.63, 3.8) is 0 Å². The van der Waals surface area contributed by atoms with Gasteiger partial charge < -0.3 is 10.2 Å². The van der Waals surface area contributed by atoms with Gasteiger partial charge in [0, 0.05) is 20.1 Å². The summed E-state index contributed by atoms with van der Waals surface area (Å²) in [4.78, 5) is 12.8. The Balaban J connectivity index is 1.79. The molecule has 2 aliphatic rings. The van der Waals surface area contributed by atoms with E-state index in [0.29, 0.717) is 6.04 Å². The highest BCUT2D eigenvalue weighted by Crippen LogP contribution is 2.51. The molecule has 0 bridgehead atoms. The number of urea groups is 1. The molecule has 68 valence electrons. The number of nitrogens with zero attached hydrogens (tertiary/aromatic N) is 1. The van der Waals surface area contributed by atoms with Crippen LogP contribution in [0.5, 0.6) is 0 Å². The number of carbonyl (C=O) groups excluding carboxylic acids is 1. The Bertz CT molecular complexity index is 193. The molecule has 2 unspecified atom stereocenters. The largest absolute Gasteiger partial charge is 0.335 e. The molecule has 2 atom stereocenters. The normalized spacial score (nSPS) is 37.3. The van der Waals surface area contributed by atoms with Crippen LogP contribution in [0.25, 0.3) is 0 Å². The first-order valence-electron chi connectivity index (χ1n) is 4.68. The average molecular weight is 168 g/mol. The summed E-state index contributed by atoms with van der Waals surface area (Å²) in [6, 6.07) is 0.572. The predicted molar refractivity (Wildman–Crippen MR) is 46.8 cm³/mol. The number of nitrogens with one attached hydrogen (secondary N) is 1. The molecule has 12 heavy (non-hydrogen) atoms. The van der Waals surface area contributed by atoms with E-state index < -0.39 is 0 Å². The van der Waals surface area contributed by atoms with Gasteiger partial charge in [-0.15, -0.1) is 0 Å². The second kappa shape index (κ2) is 2.64. The molecule has 1 N–H and O–H groups in total. The van der Waals surface area contributed by atoms with E-state index in [2.05, 4.69) is 5.32 Å². The smallest absolute Gasteiger partial charge is 0.317 e. The van der Waals surface area contributed by atoms with Gasteiger partial charge in [-0.05, 0) is 24.7 Å². The molecule has 3 heteroatoms. The minimum atomic E-state index is 0.0643. The van der Waals surface area contributed by atoms with Crippen LogP contribution in [0.1, 0.15) is 19.3 Å². The maximum atomic E-state index is 11.2. The van der Waals surface area contributed by atoms with E-state index in [0.717, 1.165) is 11.8 Å². The van der Waals surface area contributed by atoms with Crippen molar-refractivity contribution in [2.24, 2.45) is 11.8 Å². The highest BCUT2D eigenvalue weighted by Gasteiger charge is 2.53. The molecule has 2 fully saturated rings. The first-order valence-corrected chi connectivity index (χ1v) is 4.68. The lowest BCUT2D eigenvalue weighted by atomic mass is 10.2. The van der Waals surface area contributed by atoms with Gasteiger partial charge in [-0.1, -0.05) is 6.42 Å². The lowest BCUT2D eigenvalue weighted by molar-refractivity contribution is 0.215. The minimum Gasteiger partial charge on any atom is -0.335 e. The Morgan fingerprint density at radius 2 is 1.92 bits per heavy atom. The fourth-order valence-electron chi connectivity index (χ4n) is 2.31. The van der Waals surface area contributed by atoms with Gasteiger partial charge in [0.15, 0.2) is 0 Å². The summed E-state index contributed by atoms with van der Waals surface area (Å²) < 4.78 is 0. The van der Waals surface area contributed by atoms with Crippen LogP contribution in [0.4, 0.5) is 4.79 Å². The van der Waals surface area contributed by atoms with Crippen molar-refractivity contribution in [2.45, 2.75) is 25.3 Å². The van der Waals surface area contributed by atoms with Gasteiger partial charge in [-0.2, -0.15) is 0 Å². The molecule has 2 rings (SSSR count). The Hall–Kier alpha value is -0.730. The van der Waals surface area contributed by atoms with Crippen LogP contribution in [-0.2, 0) is 0 Å². The third-order valence-electron chi connectivity index (χ3n) is 3.10. The summed E-state index contributed by atoms with van der Waals surface area (Å²) in [5.41, 5.74) is 0. The van der Waals surface area contributed by atoms with E-state index in [4.69, 9.17) is 0 Å². The molecule has 2 saturated carbocycles. The van der Waals surface area contributed by atoms with Crippen molar-refractivity contribution in [1.82, 2.24) is 10.2 Å². The Kier molecular flexibility index (Phi) is 1.74. The zero-order valence-electron chi connectivity index (χ0n) is 7.71. The van der Waals surface area contributed by atoms with E-state index >= 15 is 0 Å². The summed E-state index contributed by atoms with van der Waals surface area (Å²) in [7, 11) is 3.57. The number of fused-ring (bicyclic) bond motifs is 1. The molecular weight excluding hydrogens is 152 g/mol. The maximum absolute atomic E-state index is 11.2. The first kappa shape index (κ1) is 7.90. The molecule has 0 spiro atoms. The molecule has 0 saturated heterocycles. The monoisotopic (exact) mass is 168 g/mol. The van der Waals surface area contributed by atoms with Crippen LogP contribution in [0.2, 0.25) is 0 Å². The quantitative estimate of drug-likeness (QED) is 0.623. The molecule has 2 amide bonds. The van der Waals surface area contributed by atoms with Crippen molar-refractivity contribution < 1.29 is 4.79 Å². The van der Waals surface area contributed by atoms with E-state index in [-0.39, 0.29) is 6.03 Å². The van der Waals surface area contributed by atoms with Crippen LogP contribution in [0.3, 0.4) is 0 Å². The van der Waals surface area contributed by atoms with Gasteiger partial charge >= 0.3 is 6.03 Å². The van der Waals surface area contributed by atoms with Gasteiger partial charge in [-0.25, -0.2) is 4.79 Å². The molecular formula is C9H16N2O. The number of hydrogen-bond acceptors (Lipinski definition) is 1. The predicted octanol–water partition coefficient (Wildman–Crippen LogP) is 1.06. The molecule has 3 nitrogen and oxygen atoms in total. The van der Waals surface area contributed by atoms with Gasteiger partial charge in [-0.3, -0.25) is 0 Å². The van der Waals surface area contributed by atoms with Gasteiger partial charge in [0.25, 0.3) is 0 Å². The second-order valence-electron chi connectivity index (χ2n) is 4.13. The van der Waals surface area contributed by atoms with Crippen LogP contribution in [0.15, 0.2) is 0 Å². The summed E-state index contributed by atoms with van der Waals surface area (Å²) in [5, 5.41) is 3.04. The third kappa shape index (κ3) is 1.17. The maximum Gasteiger partial charge on any atom is 0.317 e. The standard InChI is InChI=1S/C9H16N2O/c1-11(2)9(12)10-8-6-4-3-5-7(6)8/h6-8H,3-5H2,1-2H3,(H,10,12). The average Bonchev–Trinajstić information content (AvgIpc) is 2.46. The Labute approximate surface area is 73.1 Å². The lowest BCUT2D eigenvalue weighted by Crippen LogP contribution is -2.37. The highest BCUT2D eigenvalue weighted by atomic mass is 16.2. The fourth-order valence-corrected chi connectivity index (χ4v) is 2.31. The van der Waals surface area contributed by atoms with Crippen molar-refractivity contribution >= 4 is 6.03 Å². The third-order valence-corrected chi connectivity index (χ3v) is 3.10. The van der Waals surface area contributed by atoms with Crippen LogP contribution in [-0.4, -0.2) is 31.1 Å². The lowest BCUT2D eigenvalue weighted by Gasteiger charge is -2.12. The zero-order chi connectivity index (χ0) is 8.72. The van der Waals surface area contributed by atoms with E-state index in [9.17, 15) is 4.79 Å². The summed E-state index contributed by atoms with van der Waals surface area (Å²) >= 11 is 0. The zero-order valence-corrected chi connectivity index (χ0v) is 7.71. The first-order chi connectivity index (χ1) is 5.70.